The highest BCUT2D eigenvalue weighted by atomic mass is 16.2. The van der Waals surface area contributed by atoms with Gasteiger partial charge < -0.3 is 10.2 Å². The largest absolute Gasteiger partial charge is 0.339 e. The van der Waals surface area contributed by atoms with Crippen molar-refractivity contribution in [2.24, 2.45) is 5.92 Å². The molecule has 0 aliphatic carbocycles. The fraction of sp³-hybridized carbons (Fsp3) is 0.467. The Kier molecular flexibility index (Phi) is 2.47. The van der Waals surface area contributed by atoms with Crippen molar-refractivity contribution in [1.29, 1.82) is 0 Å². The van der Waals surface area contributed by atoms with Crippen molar-refractivity contribution < 1.29 is 9.59 Å². The molecule has 110 valence electrons. The Balaban J connectivity index is 1.97. The summed E-state index contributed by atoms with van der Waals surface area (Å²) in [4.78, 5) is 27.0. The van der Waals surface area contributed by atoms with E-state index >= 15 is 0 Å². The highest BCUT2D eigenvalue weighted by Gasteiger charge is 2.61. The lowest BCUT2D eigenvalue weighted by molar-refractivity contribution is -0.135. The van der Waals surface area contributed by atoms with Gasteiger partial charge in [-0.2, -0.15) is 0 Å². The average molecular weight is 286 g/mol. The van der Waals surface area contributed by atoms with Crippen molar-refractivity contribution in [3.8, 4) is 0 Å². The van der Waals surface area contributed by atoms with Gasteiger partial charge in [0.25, 0.3) is 0 Å². The zero-order valence-electron chi connectivity index (χ0n) is 12.1. The summed E-state index contributed by atoms with van der Waals surface area (Å²) >= 11 is 0. The summed E-state index contributed by atoms with van der Waals surface area (Å²) in [5, 5.41) is 2.93. The van der Waals surface area contributed by atoms with Gasteiger partial charge >= 0.3 is 0 Å². The maximum absolute atomic E-state index is 13.1. The smallest absolute Gasteiger partial charge is 0.238 e. The van der Waals surface area contributed by atoms with Gasteiger partial charge in [0.15, 0.2) is 0 Å². The zero-order valence-corrected chi connectivity index (χ0v) is 12.1. The summed E-state index contributed by atoms with van der Waals surface area (Å²) in [5.74, 6) is -0.0288. The topological polar surface area (TPSA) is 73.5 Å². The van der Waals surface area contributed by atoms with E-state index in [1.165, 1.54) is 0 Å². The number of hydrazine groups is 1. The van der Waals surface area contributed by atoms with Crippen molar-refractivity contribution >= 4 is 17.5 Å². The van der Waals surface area contributed by atoms with Crippen LogP contribution in [0.2, 0.25) is 0 Å². The molecule has 3 aliphatic heterocycles. The Hall–Kier alpha value is -1.92. The van der Waals surface area contributed by atoms with E-state index in [0.29, 0.717) is 6.54 Å². The summed E-state index contributed by atoms with van der Waals surface area (Å²) in [6.45, 7) is 2.67. The number of hydrogen-bond acceptors (Lipinski definition) is 4. The molecular weight excluding hydrogens is 268 g/mol. The number of carbonyl (C=O) groups excluding carboxylic acids is 2. The number of likely N-dealkylation sites (N-methyl/N-ethyl adjacent to an activating group) is 1. The van der Waals surface area contributed by atoms with Crippen LogP contribution in [0.1, 0.15) is 17.5 Å². The lowest BCUT2D eigenvalue weighted by Crippen LogP contribution is -2.61. The monoisotopic (exact) mass is 286 g/mol. The molecule has 3 N–H and O–H groups in total. The first-order valence-corrected chi connectivity index (χ1v) is 7.21. The molecule has 6 nitrogen and oxygen atoms in total. The van der Waals surface area contributed by atoms with Crippen LogP contribution < -0.4 is 21.1 Å². The predicted molar refractivity (Wildman–Crippen MR) is 77.4 cm³/mol. The lowest BCUT2D eigenvalue weighted by atomic mass is 9.65. The molecule has 4 rings (SSSR count). The second-order valence-electron chi connectivity index (χ2n) is 6.16. The first kappa shape index (κ1) is 12.8. The second kappa shape index (κ2) is 4.05. The Labute approximate surface area is 122 Å². The van der Waals surface area contributed by atoms with Crippen LogP contribution in [0.15, 0.2) is 18.2 Å². The Morgan fingerprint density at radius 3 is 2.95 bits per heavy atom. The maximum Gasteiger partial charge on any atom is 0.238 e. The van der Waals surface area contributed by atoms with Crippen molar-refractivity contribution in [2.45, 2.75) is 24.9 Å². The van der Waals surface area contributed by atoms with E-state index in [1.807, 2.05) is 25.1 Å². The number of fused-ring (bicyclic) bond motifs is 4. The first-order chi connectivity index (χ1) is 10.1. The van der Waals surface area contributed by atoms with Gasteiger partial charge in [0.2, 0.25) is 11.8 Å². The number of benzene rings is 1. The van der Waals surface area contributed by atoms with Gasteiger partial charge in [0, 0.05) is 25.9 Å². The molecule has 3 atom stereocenters. The van der Waals surface area contributed by atoms with Gasteiger partial charge in [-0.1, -0.05) is 18.2 Å². The molecule has 0 saturated carbocycles. The summed E-state index contributed by atoms with van der Waals surface area (Å²) in [5.41, 5.74) is 8.42. The molecule has 2 fully saturated rings. The number of amides is 2. The number of anilines is 1. The molecule has 3 unspecified atom stereocenters. The van der Waals surface area contributed by atoms with Crippen LogP contribution in [0.3, 0.4) is 0 Å². The van der Waals surface area contributed by atoms with Gasteiger partial charge in [-0.3, -0.25) is 15.0 Å². The SMILES string of the molecule is Cc1cccc2c1N(C)C(=O)C21CC(=O)NC2NNCC21. The second-order valence-corrected chi connectivity index (χ2v) is 6.16. The summed E-state index contributed by atoms with van der Waals surface area (Å²) in [6, 6.07) is 5.98. The number of carbonyl (C=O) groups is 2. The molecule has 2 amide bonds. The fourth-order valence-electron chi connectivity index (χ4n) is 4.21. The van der Waals surface area contributed by atoms with Crippen LogP contribution in [0.25, 0.3) is 0 Å². The molecule has 1 aromatic rings. The molecular formula is C15H18N4O2. The molecule has 1 spiro atoms. The molecule has 2 saturated heterocycles. The third-order valence-electron chi connectivity index (χ3n) is 5.11. The molecule has 21 heavy (non-hydrogen) atoms. The Morgan fingerprint density at radius 2 is 2.14 bits per heavy atom. The number of nitrogens with zero attached hydrogens (tertiary/aromatic N) is 1. The van der Waals surface area contributed by atoms with E-state index in [4.69, 9.17) is 0 Å². The van der Waals surface area contributed by atoms with E-state index in [9.17, 15) is 9.59 Å². The number of piperidine rings is 1. The van der Waals surface area contributed by atoms with E-state index in [-0.39, 0.29) is 30.3 Å². The van der Waals surface area contributed by atoms with Crippen LogP contribution in [0, 0.1) is 12.8 Å². The quantitative estimate of drug-likeness (QED) is 0.616. The summed E-state index contributed by atoms with van der Waals surface area (Å²) in [7, 11) is 1.81. The van der Waals surface area contributed by atoms with Gasteiger partial charge in [-0.05, 0) is 18.1 Å². The number of rotatable bonds is 0. The number of aryl methyl sites for hydroxylation is 1. The molecule has 0 radical (unpaired) electrons. The average Bonchev–Trinajstić information content (AvgIpc) is 2.99. The van der Waals surface area contributed by atoms with Crippen molar-refractivity contribution in [3.63, 3.8) is 0 Å². The molecule has 0 bridgehead atoms. The highest BCUT2D eigenvalue weighted by molar-refractivity contribution is 6.11. The van der Waals surface area contributed by atoms with Crippen LogP contribution in [0.4, 0.5) is 5.69 Å². The minimum atomic E-state index is -0.750. The van der Waals surface area contributed by atoms with Crippen molar-refractivity contribution in [2.75, 3.05) is 18.5 Å². The van der Waals surface area contributed by atoms with Gasteiger partial charge in [0.1, 0.15) is 0 Å². The van der Waals surface area contributed by atoms with E-state index in [0.717, 1.165) is 16.8 Å². The van der Waals surface area contributed by atoms with Crippen molar-refractivity contribution in [1.82, 2.24) is 16.2 Å². The van der Waals surface area contributed by atoms with E-state index in [2.05, 4.69) is 16.2 Å². The third-order valence-corrected chi connectivity index (χ3v) is 5.11. The summed E-state index contributed by atoms with van der Waals surface area (Å²) < 4.78 is 0. The third kappa shape index (κ3) is 1.43. The lowest BCUT2D eigenvalue weighted by Gasteiger charge is -2.40. The van der Waals surface area contributed by atoms with Crippen molar-refractivity contribution in [3.05, 3.63) is 29.3 Å². The molecule has 0 aromatic heterocycles. The summed E-state index contributed by atoms with van der Waals surface area (Å²) in [6.07, 6.45) is 0.0204. The highest BCUT2D eigenvalue weighted by Crippen LogP contribution is 2.51. The van der Waals surface area contributed by atoms with E-state index < -0.39 is 5.41 Å². The van der Waals surface area contributed by atoms with Crippen LogP contribution in [-0.4, -0.2) is 31.6 Å². The number of hydrogen-bond donors (Lipinski definition) is 3. The Bertz CT molecular complexity index is 659. The minimum absolute atomic E-state index is 0.0215. The van der Waals surface area contributed by atoms with Gasteiger partial charge in [0.05, 0.1) is 17.3 Å². The molecule has 6 heteroatoms. The van der Waals surface area contributed by atoms with E-state index in [1.54, 1.807) is 11.9 Å². The molecule has 1 aromatic carbocycles. The first-order valence-electron chi connectivity index (χ1n) is 7.21. The van der Waals surface area contributed by atoms with Crippen LogP contribution in [-0.2, 0) is 15.0 Å². The molecule has 3 aliphatic rings. The predicted octanol–water partition coefficient (Wildman–Crippen LogP) is -0.221. The zero-order chi connectivity index (χ0) is 14.8. The number of para-hydroxylation sites is 1. The number of nitrogens with one attached hydrogen (secondary N) is 3. The Morgan fingerprint density at radius 1 is 1.33 bits per heavy atom. The van der Waals surface area contributed by atoms with Gasteiger partial charge in [-0.25, -0.2) is 5.43 Å². The van der Waals surface area contributed by atoms with Crippen LogP contribution >= 0.6 is 0 Å². The molecule has 3 heterocycles. The standard InChI is InChI=1S/C15H18N4O2/c1-8-4-3-5-9-12(8)19(2)14(21)15(9)6-11(20)17-13-10(15)7-16-18-13/h3-5,10,13,16,18H,6-7H2,1-2H3,(H,17,20). The maximum atomic E-state index is 13.1. The van der Waals surface area contributed by atoms with Gasteiger partial charge in [-0.15, -0.1) is 0 Å². The normalized spacial score (nSPS) is 34.1. The minimum Gasteiger partial charge on any atom is -0.339 e. The fourth-order valence-corrected chi connectivity index (χ4v) is 4.21. The van der Waals surface area contributed by atoms with Crippen LogP contribution in [0.5, 0.6) is 0 Å².